The van der Waals surface area contributed by atoms with Crippen molar-refractivity contribution in [3.8, 4) is 0 Å². The summed E-state index contributed by atoms with van der Waals surface area (Å²) in [5.41, 5.74) is 14.8. The van der Waals surface area contributed by atoms with Gasteiger partial charge in [-0.25, -0.2) is 4.98 Å². The Morgan fingerprint density at radius 1 is 1.24 bits per heavy atom. The zero-order chi connectivity index (χ0) is 17.6. The number of halogens is 2. The fraction of sp³-hybridized carbons (Fsp3) is 0.500. The van der Waals surface area contributed by atoms with Crippen LogP contribution in [-0.4, -0.2) is 23.6 Å². The second-order valence-corrected chi connectivity index (χ2v) is 9.07. The molecule has 25 heavy (non-hydrogen) atoms. The Balaban J connectivity index is 1.46. The maximum Gasteiger partial charge on any atom is 0.180 e. The van der Waals surface area contributed by atoms with E-state index >= 15 is 0 Å². The van der Waals surface area contributed by atoms with Crippen LogP contribution in [0, 0.1) is 5.92 Å². The third kappa shape index (κ3) is 3.23. The second-order valence-electron chi connectivity index (χ2n) is 7.17. The van der Waals surface area contributed by atoms with Gasteiger partial charge in [0.25, 0.3) is 0 Å². The highest BCUT2D eigenvalue weighted by Gasteiger charge is 2.40. The van der Waals surface area contributed by atoms with E-state index in [9.17, 15) is 0 Å². The van der Waals surface area contributed by atoms with E-state index in [-0.39, 0.29) is 5.54 Å². The molecule has 1 unspecified atom stereocenters. The quantitative estimate of drug-likeness (QED) is 0.800. The van der Waals surface area contributed by atoms with Crippen molar-refractivity contribution < 1.29 is 0 Å². The minimum atomic E-state index is -0.143. The first kappa shape index (κ1) is 17.4. The molecule has 1 atom stereocenters. The van der Waals surface area contributed by atoms with Crippen molar-refractivity contribution in [1.29, 1.82) is 0 Å². The average molecular weight is 397 g/mol. The summed E-state index contributed by atoms with van der Waals surface area (Å²) in [6, 6.07) is 5.83. The van der Waals surface area contributed by atoms with Crippen molar-refractivity contribution in [2.45, 2.75) is 37.6 Å². The number of aromatic nitrogens is 1. The van der Waals surface area contributed by atoms with Gasteiger partial charge in [0, 0.05) is 29.9 Å². The first-order valence-corrected chi connectivity index (χ1v) is 10.3. The van der Waals surface area contributed by atoms with Crippen LogP contribution in [0.1, 0.15) is 29.8 Å². The van der Waals surface area contributed by atoms with Gasteiger partial charge in [0.05, 0.1) is 21.4 Å². The van der Waals surface area contributed by atoms with Gasteiger partial charge in [-0.15, -0.1) is 11.3 Å². The lowest BCUT2D eigenvalue weighted by Gasteiger charge is -2.45. The van der Waals surface area contributed by atoms with Crippen LogP contribution in [0.4, 0.5) is 10.8 Å². The molecule has 0 bridgehead atoms. The van der Waals surface area contributed by atoms with Crippen molar-refractivity contribution in [3.63, 3.8) is 0 Å². The highest BCUT2D eigenvalue weighted by atomic mass is 35.5. The lowest BCUT2D eigenvalue weighted by Crippen LogP contribution is -2.54. The zero-order valence-corrected chi connectivity index (χ0v) is 16.3. The van der Waals surface area contributed by atoms with Crippen molar-refractivity contribution in [1.82, 2.24) is 4.98 Å². The molecule has 0 spiro atoms. The van der Waals surface area contributed by atoms with E-state index in [2.05, 4.69) is 9.88 Å². The number of benzene rings is 1. The van der Waals surface area contributed by atoms with Crippen LogP contribution < -0.4 is 16.4 Å². The molecule has 1 aromatic heterocycles. The Morgan fingerprint density at radius 2 is 2.00 bits per heavy atom. The lowest BCUT2D eigenvalue weighted by atomic mass is 9.70. The van der Waals surface area contributed by atoms with Gasteiger partial charge in [-0.3, -0.25) is 0 Å². The fourth-order valence-corrected chi connectivity index (χ4v) is 5.69. The smallest absolute Gasteiger partial charge is 0.180 e. The van der Waals surface area contributed by atoms with E-state index in [1.54, 1.807) is 11.3 Å². The standard InChI is InChI=1S/C18H22Cl2N4S/c19-12-2-1-3-14(16(12)20)24-8-5-11(6-9-24)18(22)7-4-13-15(10-18)25-17(21)23-13/h1-3,11H,4-10,22H2,(H2,21,23). The Hall–Kier alpha value is -1.01. The number of hydrogen-bond acceptors (Lipinski definition) is 5. The predicted molar refractivity (Wildman–Crippen MR) is 107 cm³/mol. The number of fused-ring (bicyclic) bond motifs is 1. The normalized spacial score (nSPS) is 24.4. The third-order valence-electron chi connectivity index (χ3n) is 5.69. The molecule has 1 aliphatic carbocycles. The minimum absolute atomic E-state index is 0.143. The topological polar surface area (TPSA) is 68.2 Å². The lowest BCUT2D eigenvalue weighted by molar-refractivity contribution is 0.203. The Labute approximate surface area is 162 Å². The summed E-state index contributed by atoms with van der Waals surface area (Å²) < 4.78 is 0. The molecule has 1 saturated heterocycles. The number of aryl methyl sites for hydroxylation is 1. The second kappa shape index (κ2) is 6.62. The van der Waals surface area contributed by atoms with Gasteiger partial charge in [-0.1, -0.05) is 29.3 Å². The summed E-state index contributed by atoms with van der Waals surface area (Å²) in [6.45, 7) is 1.92. The summed E-state index contributed by atoms with van der Waals surface area (Å²) in [6.07, 6.45) is 4.98. The summed E-state index contributed by atoms with van der Waals surface area (Å²) in [5.74, 6) is 0.512. The first-order valence-electron chi connectivity index (χ1n) is 8.68. The number of nitrogens with zero attached hydrogens (tertiary/aromatic N) is 2. The number of hydrogen-bond donors (Lipinski definition) is 2. The van der Waals surface area contributed by atoms with Gasteiger partial charge in [0.2, 0.25) is 0 Å². The van der Waals surface area contributed by atoms with E-state index in [1.807, 2.05) is 18.2 Å². The Bertz CT molecular complexity index is 785. The molecule has 0 amide bonds. The molecule has 1 fully saturated rings. The van der Waals surface area contributed by atoms with E-state index in [0.29, 0.717) is 21.1 Å². The van der Waals surface area contributed by atoms with Crippen LogP contribution in [0.15, 0.2) is 18.2 Å². The summed E-state index contributed by atoms with van der Waals surface area (Å²) in [5, 5.41) is 1.92. The zero-order valence-electron chi connectivity index (χ0n) is 14.0. The monoisotopic (exact) mass is 396 g/mol. The molecule has 134 valence electrons. The largest absolute Gasteiger partial charge is 0.375 e. The van der Waals surface area contributed by atoms with Gasteiger partial charge < -0.3 is 16.4 Å². The van der Waals surface area contributed by atoms with Gasteiger partial charge >= 0.3 is 0 Å². The van der Waals surface area contributed by atoms with E-state index < -0.39 is 0 Å². The summed E-state index contributed by atoms with van der Waals surface area (Å²) in [7, 11) is 0. The molecule has 4 nitrogen and oxygen atoms in total. The number of rotatable bonds is 2. The van der Waals surface area contributed by atoms with Crippen LogP contribution in [0.25, 0.3) is 0 Å². The summed E-state index contributed by atoms with van der Waals surface area (Å²) >= 11 is 14.1. The Kier molecular flexibility index (Phi) is 4.61. The molecule has 0 saturated carbocycles. The molecular formula is C18H22Cl2N4S. The molecule has 2 aromatic rings. The highest BCUT2D eigenvalue weighted by Crippen LogP contribution is 2.41. The molecule has 7 heteroatoms. The molecular weight excluding hydrogens is 375 g/mol. The summed E-state index contributed by atoms with van der Waals surface area (Å²) in [4.78, 5) is 8.05. The predicted octanol–water partition coefficient (Wildman–Crippen LogP) is 4.13. The van der Waals surface area contributed by atoms with Gasteiger partial charge in [-0.2, -0.15) is 0 Å². The number of nitrogens with two attached hydrogens (primary N) is 2. The van der Waals surface area contributed by atoms with E-state index in [1.165, 1.54) is 4.88 Å². The molecule has 2 heterocycles. The highest BCUT2D eigenvalue weighted by molar-refractivity contribution is 7.15. The maximum atomic E-state index is 6.87. The van der Waals surface area contributed by atoms with Crippen molar-refractivity contribution >= 4 is 45.4 Å². The van der Waals surface area contributed by atoms with E-state index in [4.69, 9.17) is 34.7 Å². The molecule has 0 radical (unpaired) electrons. The van der Waals surface area contributed by atoms with Crippen molar-refractivity contribution in [2.24, 2.45) is 11.7 Å². The molecule has 4 rings (SSSR count). The molecule has 1 aliphatic heterocycles. The van der Waals surface area contributed by atoms with Crippen LogP contribution in [-0.2, 0) is 12.8 Å². The van der Waals surface area contributed by atoms with Gasteiger partial charge in [-0.05, 0) is 43.7 Å². The number of nitrogen functional groups attached to an aromatic ring is 1. The van der Waals surface area contributed by atoms with Crippen LogP contribution in [0.2, 0.25) is 10.0 Å². The van der Waals surface area contributed by atoms with Gasteiger partial charge in [0.1, 0.15) is 0 Å². The maximum absolute atomic E-state index is 6.87. The van der Waals surface area contributed by atoms with Crippen LogP contribution in [0.3, 0.4) is 0 Å². The number of anilines is 2. The van der Waals surface area contributed by atoms with Crippen LogP contribution >= 0.6 is 34.5 Å². The molecule has 4 N–H and O–H groups in total. The minimum Gasteiger partial charge on any atom is -0.375 e. The number of thiazole rings is 1. The van der Waals surface area contributed by atoms with Crippen molar-refractivity contribution in [2.75, 3.05) is 23.7 Å². The molecule has 2 aliphatic rings. The molecule has 1 aromatic carbocycles. The van der Waals surface area contributed by atoms with E-state index in [0.717, 1.165) is 56.6 Å². The average Bonchev–Trinajstić information content (AvgIpc) is 2.96. The van der Waals surface area contributed by atoms with Crippen molar-refractivity contribution in [3.05, 3.63) is 38.8 Å². The van der Waals surface area contributed by atoms with Gasteiger partial charge in [0.15, 0.2) is 5.13 Å². The third-order valence-corrected chi connectivity index (χ3v) is 7.43. The Morgan fingerprint density at radius 3 is 2.76 bits per heavy atom. The SMILES string of the molecule is Nc1nc2c(s1)CC(N)(C1CCN(c3cccc(Cl)c3Cl)CC1)CC2. The fourth-order valence-electron chi connectivity index (χ4n) is 4.26. The van der Waals surface area contributed by atoms with Crippen LogP contribution in [0.5, 0.6) is 0 Å². The first-order chi connectivity index (χ1) is 12.0. The number of piperidine rings is 1.